The van der Waals surface area contributed by atoms with Crippen molar-refractivity contribution in [3.8, 4) is 5.75 Å². The predicted molar refractivity (Wildman–Crippen MR) is 85.5 cm³/mol. The molecule has 0 bridgehead atoms. The van der Waals surface area contributed by atoms with Crippen molar-refractivity contribution in [1.82, 2.24) is 0 Å². The van der Waals surface area contributed by atoms with Crippen molar-refractivity contribution in [2.24, 2.45) is 5.73 Å². The number of para-hydroxylation sites is 1. The molecule has 1 aromatic heterocycles. The zero-order chi connectivity index (χ0) is 15.9. The maximum atomic E-state index is 12.4. The van der Waals surface area contributed by atoms with Gasteiger partial charge in [-0.3, -0.25) is 9.59 Å². The number of thiophene rings is 1. The van der Waals surface area contributed by atoms with E-state index in [2.05, 4.69) is 5.32 Å². The molecule has 1 aromatic carbocycles. The highest BCUT2D eigenvalue weighted by Gasteiger charge is 2.30. The summed E-state index contributed by atoms with van der Waals surface area (Å²) in [7, 11) is 0. The van der Waals surface area contributed by atoms with E-state index in [1.54, 1.807) is 0 Å². The molecule has 2 amide bonds. The molecule has 3 N–H and O–H groups in total. The first-order valence-electron chi connectivity index (χ1n) is 6.92. The second-order valence-corrected chi connectivity index (χ2v) is 6.48. The van der Waals surface area contributed by atoms with Gasteiger partial charge in [-0.15, -0.1) is 11.3 Å². The summed E-state index contributed by atoms with van der Waals surface area (Å²) in [6, 6.07) is 7.57. The Morgan fingerprint density at radius 3 is 2.73 bits per heavy atom. The molecule has 22 heavy (non-hydrogen) atoms. The fraction of sp³-hybridized carbons (Fsp3) is 0.250. The third kappa shape index (κ3) is 2.46. The molecule has 3 rings (SSSR count). The number of fused-ring (bicyclic) bond motifs is 1. The van der Waals surface area contributed by atoms with E-state index in [0.717, 1.165) is 21.8 Å². The van der Waals surface area contributed by atoms with E-state index in [9.17, 15) is 9.59 Å². The molecule has 0 aliphatic carbocycles. The summed E-state index contributed by atoms with van der Waals surface area (Å²) in [4.78, 5) is 24.9. The SMILES string of the molecule is Cc1sc(NC(=O)C2Cc3ccccc3O2)c(C(N)=O)c1C. The minimum atomic E-state index is -0.583. The van der Waals surface area contributed by atoms with Crippen LogP contribution in [0.1, 0.15) is 26.4 Å². The number of hydrogen-bond acceptors (Lipinski definition) is 4. The molecule has 0 fully saturated rings. The van der Waals surface area contributed by atoms with Crippen LogP contribution in [0.3, 0.4) is 0 Å². The largest absolute Gasteiger partial charge is 0.480 e. The van der Waals surface area contributed by atoms with Crippen molar-refractivity contribution in [3.05, 3.63) is 45.8 Å². The fourth-order valence-corrected chi connectivity index (χ4v) is 3.60. The zero-order valence-corrected chi connectivity index (χ0v) is 13.1. The Morgan fingerprint density at radius 2 is 2.05 bits per heavy atom. The third-order valence-corrected chi connectivity index (χ3v) is 4.93. The number of nitrogens with two attached hydrogens (primary N) is 1. The Bertz CT molecular complexity index is 742. The van der Waals surface area contributed by atoms with Gasteiger partial charge in [0.2, 0.25) is 0 Å². The summed E-state index contributed by atoms with van der Waals surface area (Å²) >= 11 is 1.35. The van der Waals surface area contributed by atoms with Crippen LogP contribution in [0.25, 0.3) is 0 Å². The highest BCUT2D eigenvalue weighted by molar-refractivity contribution is 7.16. The second-order valence-electron chi connectivity index (χ2n) is 5.26. The molecule has 0 spiro atoms. The van der Waals surface area contributed by atoms with Crippen LogP contribution in [-0.2, 0) is 11.2 Å². The summed E-state index contributed by atoms with van der Waals surface area (Å²) in [5.74, 6) is -0.0657. The van der Waals surface area contributed by atoms with Crippen LogP contribution in [0.2, 0.25) is 0 Å². The highest BCUT2D eigenvalue weighted by Crippen LogP contribution is 2.33. The van der Waals surface area contributed by atoms with Crippen LogP contribution in [-0.4, -0.2) is 17.9 Å². The van der Waals surface area contributed by atoms with E-state index in [1.165, 1.54) is 11.3 Å². The minimum Gasteiger partial charge on any atom is -0.480 e. The van der Waals surface area contributed by atoms with Gasteiger partial charge >= 0.3 is 0 Å². The fourth-order valence-electron chi connectivity index (χ4n) is 2.53. The molecule has 0 saturated carbocycles. The number of primary amides is 1. The topological polar surface area (TPSA) is 81.4 Å². The molecule has 6 heteroatoms. The summed E-state index contributed by atoms with van der Waals surface area (Å²) in [6.07, 6.45) is -0.0575. The van der Waals surface area contributed by atoms with E-state index in [1.807, 2.05) is 38.1 Å². The molecule has 0 saturated heterocycles. The number of anilines is 1. The molecule has 2 heterocycles. The first-order chi connectivity index (χ1) is 10.5. The van der Waals surface area contributed by atoms with Crippen LogP contribution in [0.4, 0.5) is 5.00 Å². The van der Waals surface area contributed by atoms with Crippen LogP contribution >= 0.6 is 11.3 Å². The number of aryl methyl sites for hydroxylation is 1. The van der Waals surface area contributed by atoms with Gasteiger partial charge in [-0.1, -0.05) is 18.2 Å². The van der Waals surface area contributed by atoms with Gasteiger partial charge in [0.05, 0.1) is 5.56 Å². The molecular weight excluding hydrogens is 300 g/mol. The molecule has 1 aliphatic heterocycles. The number of carbonyl (C=O) groups excluding carboxylic acids is 2. The molecule has 0 radical (unpaired) electrons. The van der Waals surface area contributed by atoms with Gasteiger partial charge < -0.3 is 15.8 Å². The molecule has 114 valence electrons. The van der Waals surface area contributed by atoms with Crippen molar-refractivity contribution in [2.75, 3.05) is 5.32 Å². The molecule has 1 unspecified atom stereocenters. The van der Waals surface area contributed by atoms with Gasteiger partial charge in [-0.2, -0.15) is 0 Å². The van der Waals surface area contributed by atoms with E-state index in [-0.39, 0.29) is 5.91 Å². The van der Waals surface area contributed by atoms with Crippen molar-refractivity contribution >= 4 is 28.2 Å². The van der Waals surface area contributed by atoms with Crippen LogP contribution < -0.4 is 15.8 Å². The van der Waals surface area contributed by atoms with Crippen molar-refractivity contribution in [3.63, 3.8) is 0 Å². The van der Waals surface area contributed by atoms with E-state index >= 15 is 0 Å². The minimum absolute atomic E-state index is 0.264. The maximum absolute atomic E-state index is 12.4. The number of hydrogen-bond donors (Lipinski definition) is 2. The quantitative estimate of drug-likeness (QED) is 0.912. The Labute approximate surface area is 132 Å². The molecule has 1 aliphatic rings. The van der Waals surface area contributed by atoms with Crippen LogP contribution in [0.5, 0.6) is 5.75 Å². The number of benzene rings is 1. The number of carbonyl (C=O) groups is 2. The Hall–Kier alpha value is -2.34. The standard InChI is InChI=1S/C16H16N2O3S/c1-8-9(2)22-16(13(8)14(17)19)18-15(20)12-7-10-5-3-4-6-11(10)21-12/h3-6,12H,7H2,1-2H3,(H2,17,19)(H,18,20). The lowest BCUT2D eigenvalue weighted by atomic mass is 10.1. The van der Waals surface area contributed by atoms with E-state index < -0.39 is 12.0 Å². The predicted octanol–water partition coefficient (Wildman–Crippen LogP) is 2.41. The van der Waals surface area contributed by atoms with Crippen molar-refractivity contribution in [1.29, 1.82) is 0 Å². The van der Waals surface area contributed by atoms with Gasteiger partial charge in [-0.05, 0) is 31.0 Å². The van der Waals surface area contributed by atoms with Gasteiger partial charge in [0.25, 0.3) is 11.8 Å². The first kappa shape index (κ1) is 14.6. The number of nitrogens with one attached hydrogen (secondary N) is 1. The maximum Gasteiger partial charge on any atom is 0.266 e. The molecule has 5 nitrogen and oxygen atoms in total. The monoisotopic (exact) mass is 316 g/mol. The Kier molecular flexibility index (Phi) is 3.62. The summed E-state index contributed by atoms with van der Waals surface area (Å²) in [6.45, 7) is 3.72. The number of ether oxygens (including phenoxy) is 1. The number of amides is 2. The second kappa shape index (κ2) is 5.46. The van der Waals surface area contributed by atoms with Crippen LogP contribution in [0, 0.1) is 13.8 Å². The zero-order valence-electron chi connectivity index (χ0n) is 12.3. The van der Waals surface area contributed by atoms with Gasteiger partial charge in [-0.25, -0.2) is 0 Å². The normalized spacial score (nSPS) is 16.0. The highest BCUT2D eigenvalue weighted by atomic mass is 32.1. The van der Waals surface area contributed by atoms with Gasteiger partial charge in [0.1, 0.15) is 10.8 Å². The average molecular weight is 316 g/mol. The molecular formula is C16H16N2O3S. The Morgan fingerprint density at radius 1 is 1.32 bits per heavy atom. The third-order valence-electron chi connectivity index (χ3n) is 3.81. The smallest absolute Gasteiger partial charge is 0.266 e. The average Bonchev–Trinajstić information content (AvgIpc) is 3.01. The summed E-state index contributed by atoms with van der Waals surface area (Å²) in [5.41, 5.74) is 7.61. The summed E-state index contributed by atoms with van der Waals surface area (Å²) < 4.78 is 5.65. The van der Waals surface area contributed by atoms with E-state index in [0.29, 0.717) is 17.0 Å². The summed E-state index contributed by atoms with van der Waals surface area (Å²) in [5, 5.41) is 3.28. The van der Waals surface area contributed by atoms with Gasteiger partial charge in [0, 0.05) is 11.3 Å². The Balaban J connectivity index is 1.79. The van der Waals surface area contributed by atoms with Crippen LogP contribution in [0.15, 0.2) is 24.3 Å². The van der Waals surface area contributed by atoms with E-state index in [4.69, 9.17) is 10.5 Å². The van der Waals surface area contributed by atoms with Crippen molar-refractivity contribution < 1.29 is 14.3 Å². The lowest BCUT2D eigenvalue weighted by Crippen LogP contribution is -2.31. The molecule has 2 aromatic rings. The first-order valence-corrected chi connectivity index (χ1v) is 7.74. The van der Waals surface area contributed by atoms with Crippen molar-refractivity contribution in [2.45, 2.75) is 26.4 Å². The lowest BCUT2D eigenvalue weighted by molar-refractivity contribution is -0.122. The molecule has 1 atom stereocenters. The number of rotatable bonds is 3. The van der Waals surface area contributed by atoms with Gasteiger partial charge in [0.15, 0.2) is 6.10 Å². The lowest BCUT2D eigenvalue weighted by Gasteiger charge is -2.11.